The van der Waals surface area contributed by atoms with Crippen LogP contribution in [0.1, 0.15) is 60.7 Å². The van der Waals surface area contributed by atoms with Crippen LogP contribution >= 0.6 is 0 Å². The van der Waals surface area contributed by atoms with E-state index in [4.69, 9.17) is 4.74 Å². The molecule has 118 valence electrons. The summed E-state index contributed by atoms with van der Waals surface area (Å²) >= 11 is 0. The summed E-state index contributed by atoms with van der Waals surface area (Å²) in [6.45, 7) is 6.70. The number of carbonyl (C=O) groups is 2. The molecule has 1 aromatic carbocycles. The molecule has 0 radical (unpaired) electrons. The van der Waals surface area contributed by atoms with Crippen molar-refractivity contribution in [2.24, 2.45) is 16.7 Å². The summed E-state index contributed by atoms with van der Waals surface area (Å²) in [4.78, 5) is 23.7. The lowest BCUT2D eigenvalue weighted by Gasteiger charge is -2.38. The van der Waals surface area contributed by atoms with Crippen LogP contribution in [0.15, 0.2) is 24.3 Å². The average Bonchev–Trinajstić information content (AvgIpc) is 2.80. The predicted molar refractivity (Wildman–Crippen MR) is 81.8 cm³/mol. The number of carboxylic acids is 1. The minimum absolute atomic E-state index is 0.0000645. The van der Waals surface area contributed by atoms with Gasteiger partial charge in [0.25, 0.3) is 0 Å². The van der Waals surface area contributed by atoms with E-state index in [0.29, 0.717) is 5.92 Å². The zero-order chi connectivity index (χ0) is 16.1. The van der Waals surface area contributed by atoms with E-state index in [2.05, 4.69) is 20.8 Å². The molecule has 3 rings (SSSR count). The Morgan fingerprint density at radius 2 is 1.82 bits per heavy atom. The van der Waals surface area contributed by atoms with E-state index in [0.717, 1.165) is 12.8 Å². The first-order valence-corrected chi connectivity index (χ1v) is 7.80. The highest BCUT2D eigenvalue weighted by Crippen LogP contribution is 2.66. The van der Waals surface area contributed by atoms with Gasteiger partial charge in [0, 0.05) is 5.41 Å². The molecule has 0 aromatic heterocycles. The highest BCUT2D eigenvalue weighted by atomic mass is 16.5. The molecular weight excluding hydrogens is 280 g/mol. The summed E-state index contributed by atoms with van der Waals surface area (Å²) in [6, 6.07) is 6.23. The third-order valence-electron chi connectivity index (χ3n) is 6.34. The fourth-order valence-corrected chi connectivity index (χ4v) is 4.35. The lowest BCUT2D eigenvalue weighted by atomic mass is 9.70. The fourth-order valence-electron chi connectivity index (χ4n) is 4.35. The third-order valence-corrected chi connectivity index (χ3v) is 6.34. The van der Waals surface area contributed by atoms with Crippen LogP contribution in [0.4, 0.5) is 0 Å². The molecule has 2 aliphatic carbocycles. The van der Waals surface area contributed by atoms with E-state index in [9.17, 15) is 14.7 Å². The lowest BCUT2D eigenvalue weighted by Crippen LogP contribution is -2.38. The highest BCUT2D eigenvalue weighted by Gasteiger charge is 2.62. The number of carboxylic acid groups (broad SMARTS) is 1. The van der Waals surface area contributed by atoms with Crippen molar-refractivity contribution in [2.45, 2.75) is 46.1 Å². The Labute approximate surface area is 130 Å². The monoisotopic (exact) mass is 302 g/mol. The third kappa shape index (κ3) is 1.97. The zero-order valence-electron chi connectivity index (χ0n) is 13.3. The molecular formula is C18H22O4. The fraction of sp³-hybridized carbons (Fsp3) is 0.556. The predicted octanol–water partition coefficient (Wildman–Crippen LogP) is 3.76. The second kappa shape index (κ2) is 4.83. The van der Waals surface area contributed by atoms with Gasteiger partial charge in [0.05, 0.1) is 11.1 Å². The Kier molecular flexibility index (Phi) is 3.31. The van der Waals surface area contributed by atoms with Gasteiger partial charge in [-0.05, 0) is 42.7 Å². The van der Waals surface area contributed by atoms with Crippen molar-refractivity contribution in [1.82, 2.24) is 0 Å². The number of carbonyl (C=O) groups excluding carboxylic acids is 1. The van der Waals surface area contributed by atoms with Gasteiger partial charge in [0.15, 0.2) is 0 Å². The zero-order valence-corrected chi connectivity index (χ0v) is 13.3. The first kappa shape index (κ1) is 15.1. The van der Waals surface area contributed by atoms with Gasteiger partial charge >= 0.3 is 11.9 Å². The smallest absolute Gasteiger partial charge is 0.339 e. The van der Waals surface area contributed by atoms with Gasteiger partial charge in [0.2, 0.25) is 0 Å². The molecule has 1 N–H and O–H groups in total. The molecule has 0 saturated heterocycles. The maximum Gasteiger partial charge on any atom is 0.339 e. The Morgan fingerprint density at radius 1 is 1.18 bits per heavy atom. The van der Waals surface area contributed by atoms with Gasteiger partial charge in [-0.1, -0.05) is 32.9 Å². The minimum atomic E-state index is -1.10. The van der Waals surface area contributed by atoms with Crippen LogP contribution in [0.25, 0.3) is 0 Å². The molecule has 3 atom stereocenters. The Balaban J connectivity index is 1.84. The van der Waals surface area contributed by atoms with Gasteiger partial charge in [-0.3, -0.25) is 0 Å². The normalized spacial score (nSPS) is 32.0. The van der Waals surface area contributed by atoms with Gasteiger partial charge in [-0.2, -0.15) is 0 Å². The van der Waals surface area contributed by atoms with E-state index >= 15 is 0 Å². The number of fused-ring (bicyclic) bond motifs is 2. The Morgan fingerprint density at radius 3 is 2.32 bits per heavy atom. The summed E-state index contributed by atoms with van der Waals surface area (Å²) in [6.07, 6.45) is 2.99. The first-order valence-electron chi connectivity index (χ1n) is 7.80. The van der Waals surface area contributed by atoms with Crippen LogP contribution in [0.3, 0.4) is 0 Å². The van der Waals surface area contributed by atoms with E-state index in [1.54, 1.807) is 12.1 Å². The number of benzene rings is 1. The Bertz CT molecular complexity index is 634. The molecule has 4 heteroatoms. The summed E-state index contributed by atoms with van der Waals surface area (Å²) in [7, 11) is 0. The number of ether oxygens (including phenoxy) is 1. The highest BCUT2D eigenvalue weighted by molar-refractivity contribution is 6.02. The molecule has 22 heavy (non-hydrogen) atoms. The SMILES string of the molecule is CC1(C)[C@H]2CC[C@]1(C)[C@H](OC(=O)c1ccccc1C(=O)O)C2. The lowest BCUT2D eigenvalue weighted by molar-refractivity contribution is -0.0244. The molecule has 0 aliphatic heterocycles. The van der Waals surface area contributed by atoms with E-state index in [1.165, 1.54) is 18.6 Å². The number of aromatic carboxylic acids is 1. The quantitative estimate of drug-likeness (QED) is 0.864. The van der Waals surface area contributed by atoms with Crippen LogP contribution in [-0.2, 0) is 4.74 Å². The van der Waals surface area contributed by atoms with Crippen LogP contribution in [0.5, 0.6) is 0 Å². The molecule has 0 amide bonds. The standard InChI is InChI=1S/C18H22O4/c1-17(2)11-8-9-18(17,3)14(10-11)22-16(21)13-7-5-4-6-12(13)15(19)20/h4-7,11,14H,8-10H2,1-3H3,(H,19,20)/t11-,14+,18+/m0/s1. The van der Waals surface area contributed by atoms with Crippen molar-refractivity contribution in [3.05, 3.63) is 35.4 Å². The largest absolute Gasteiger partial charge is 0.478 e. The number of hydrogen-bond donors (Lipinski definition) is 1. The molecule has 2 aliphatic rings. The topological polar surface area (TPSA) is 63.6 Å². The summed E-state index contributed by atoms with van der Waals surface area (Å²) in [5, 5.41) is 9.21. The maximum atomic E-state index is 12.5. The maximum absolute atomic E-state index is 12.5. The van der Waals surface area contributed by atoms with Gasteiger partial charge in [-0.15, -0.1) is 0 Å². The van der Waals surface area contributed by atoms with Crippen LogP contribution in [-0.4, -0.2) is 23.1 Å². The van der Waals surface area contributed by atoms with Crippen LogP contribution in [0.2, 0.25) is 0 Å². The average molecular weight is 302 g/mol. The van der Waals surface area contributed by atoms with E-state index in [-0.39, 0.29) is 28.1 Å². The van der Waals surface area contributed by atoms with Crippen molar-refractivity contribution in [3.8, 4) is 0 Å². The summed E-state index contributed by atoms with van der Waals surface area (Å²) < 4.78 is 5.76. The number of esters is 1. The Hall–Kier alpha value is -1.84. The molecule has 2 bridgehead atoms. The molecule has 0 unspecified atom stereocenters. The molecule has 4 nitrogen and oxygen atoms in total. The van der Waals surface area contributed by atoms with Crippen LogP contribution < -0.4 is 0 Å². The van der Waals surface area contributed by atoms with Crippen LogP contribution in [0, 0.1) is 16.7 Å². The summed E-state index contributed by atoms with van der Waals surface area (Å²) in [5.74, 6) is -1.05. The number of hydrogen-bond acceptors (Lipinski definition) is 3. The van der Waals surface area contributed by atoms with Crippen molar-refractivity contribution < 1.29 is 19.4 Å². The van der Waals surface area contributed by atoms with Gasteiger partial charge < -0.3 is 9.84 Å². The molecule has 1 aromatic rings. The van der Waals surface area contributed by atoms with Crippen molar-refractivity contribution in [2.75, 3.05) is 0 Å². The van der Waals surface area contributed by atoms with Gasteiger partial charge in [-0.25, -0.2) is 9.59 Å². The molecule has 0 spiro atoms. The van der Waals surface area contributed by atoms with Crippen molar-refractivity contribution in [3.63, 3.8) is 0 Å². The first-order chi connectivity index (χ1) is 10.3. The minimum Gasteiger partial charge on any atom is -0.478 e. The summed E-state index contributed by atoms with van der Waals surface area (Å²) in [5.41, 5.74) is 0.273. The van der Waals surface area contributed by atoms with Crippen molar-refractivity contribution >= 4 is 11.9 Å². The second-order valence-electron chi connectivity index (χ2n) is 7.36. The number of rotatable bonds is 3. The molecule has 0 heterocycles. The van der Waals surface area contributed by atoms with Crippen molar-refractivity contribution in [1.29, 1.82) is 0 Å². The second-order valence-corrected chi connectivity index (χ2v) is 7.36. The molecule has 2 saturated carbocycles. The van der Waals surface area contributed by atoms with E-state index < -0.39 is 11.9 Å². The molecule has 2 fully saturated rings. The van der Waals surface area contributed by atoms with E-state index in [1.807, 2.05) is 0 Å². The van der Waals surface area contributed by atoms with Gasteiger partial charge in [0.1, 0.15) is 6.10 Å².